The van der Waals surface area contributed by atoms with Gasteiger partial charge in [0, 0.05) is 13.1 Å². The molecule has 18 heavy (non-hydrogen) atoms. The van der Waals surface area contributed by atoms with E-state index in [1.807, 2.05) is 0 Å². The molecule has 1 aliphatic rings. The molecule has 2 N–H and O–H groups in total. The first-order chi connectivity index (χ1) is 8.69. The number of nitrogens with zero attached hydrogens (tertiary/aromatic N) is 1. The number of carbonyl (C=O) groups excluding carboxylic acids is 1. The second-order valence-electron chi connectivity index (χ2n) is 4.47. The molecule has 2 rings (SSSR count). The number of amides is 1. The standard InChI is InChI=1S/C13H17FN2O2/c14-11-1-3-12(4-2-11)18-9-13(17)16-6-5-10(7-15)8-16/h1-4,10H,5-9,15H2/t10-/m0/s1. The fraction of sp³-hybridized carbons (Fsp3) is 0.462. The zero-order valence-corrected chi connectivity index (χ0v) is 10.1. The fourth-order valence-electron chi connectivity index (χ4n) is 2.02. The number of nitrogens with two attached hydrogens (primary N) is 1. The first kappa shape index (κ1) is 12.8. The van der Waals surface area contributed by atoms with Crippen LogP contribution in [-0.4, -0.2) is 37.0 Å². The van der Waals surface area contributed by atoms with Gasteiger partial charge in [0.1, 0.15) is 11.6 Å². The van der Waals surface area contributed by atoms with Gasteiger partial charge < -0.3 is 15.4 Å². The Morgan fingerprint density at radius 2 is 2.17 bits per heavy atom. The van der Waals surface area contributed by atoms with E-state index in [-0.39, 0.29) is 18.3 Å². The lowest BCUT2D eigenvalue weighted by molar-refractivity contribution is -0.132. The highest BCUT2D eigenvalue weighted by molar-refractivity contribution is 5.78. The molecule has 1 atom stereocenters. The maximum absolute atomic E-state index is 12.7. The molecule has 0 unspecified atom stereocenters. The Labute approximate surface area is 106 Å². The predicted octanol–water partition coefficient (Wildman–Crippen LogP) is 1.01. The van der Waals surface area contributed by atoms with E-state index in [9.17, 15) is 9.18 Å². The smallest absolute Gasteiger partial charge is 0.260 e. The van der Waals surface area contributed by atoms with Crippen LogP contribution in [0.2, 0.25) is 0 Å². The summed E-state index contributed by atoms with van der Waals surface area (Å²) >= 11 is 0. The van der Waals surface area contributed by atoms with Gasteiger partial charge in [-0.3, -0.25) is 4.79 Å². The van der Waals surface area contributed by atoms with Crippen LogP contribution in [-0.2, 0) is 4.79 Å². The maximum Gasteiger partial charge on any atom is 0.260 e. The molecule has 0 spiro atoms. The molecule has 1 heterocycles. The van der Waals surface area contributed by atoms with Crippen molar-refractivity contribution in [1.29, 1.82) is 0 Å². The van der Waals surface area contributed by atoms with Crippen LogP contribution in [0.3, 0.4) is 0 Å². The number of hydrogen-bond donors (Lipinski definition) is 1. The minimum absolute atomic E-state index is 0.0110. The van der Waals surface area contributed by atoms with Crippen LogP contribution in [0, 0.1) is 11.7 Å². The van der Waals surface area contributed by atoms with Gasteiger partial charge in [0.15, 0.2) is 6.61 Å². The molecule has 98 valence electrons. The van der Waals surface area contributed by atoms with Crippen molar-refractivity contribution < 1.29 is 13.9 Å². The number of halogens is 1. The van der Waals surface area contributed by atoms with E-state index >= 15 is 0 Å². The molecule has 1 saturated heterocycles. The number of ether oxygens (including phenoxy) is 1. The van der Waals surface area contributed by atoms with Gasteiger partial charge in [-0.05, 0) is 43.1 Å². The van der Waals surface area contributed by atoms with Crippen molar-refractivity contribution in [3.63, 3.8) is 0 Å². The van der Waals surface area contributed by atoms with Gasteiger partial charge in [0.05, 0.1) is 0 Å². The van der Waals surface area contributed by atoms with Crippen LogP contribution in [0.4, 0.5) is 4.39 Å². The maximum atomic E-state index is 12.7. The van der Waals surface area contributed by atoms with Crippen LogP contribution in [0.1, 0.15) is 6.42 Å². The predicted molar refractivity (Wildman–Crippen MR) is 65.6 cm³/mol. The second-order valence-corrected chi connectivity index (χ2v) is 4.47. The van der Waals surface area contributed by atoms with Gasteiger partial charge >= 0.3 is 0 Å². The van der Waals surface area contributed by atoms with Crippen LogP contribution in [0.25, 0.3) is 0 Å². The zero-order chi connectivity index (χ0) is 13.0. The number of rotatable bonds is 4. The van der Waals surface area contributed by atoms with Gasteiger partial charge in [-0.25, -0.2) is 4.39 Å². The molecule has 1 amide bonds. The summed E-state index contributed by atoms with van der Waals surface area (Å²) in [6, 6.07) is 5.63. The summed E-state index contributed by atoms with van der Waals surface area (Å²) in [6.07, 6.45) is 0.957. The Bertz CT molecular complexity index is 408. The van der Waals surface area contributed by atoms with Crippen LogP contribution in [0.5, 0.6) is 5.75 Å². The molecule has 0 radical (unpaired) electrons. The van der Waals surface area contributed by atoms with E-state index in [1.165, 1.54) is 24.3 Å². The van der Waals surface area contributed by atoms with E-state index in [0.29, 0.717) is 24.8 Å². The Hall–Kier alpha value is -1.62. The largest absolute Gasteiger partial charge is 0.484 e. The first-order valence-electron chi connectivity index (χ1n) is 6.05. The zero-order valence-electron chi connectivity index (χ0n) is 10.1. The van der Waals surface area contributed by atoms with Gasteiger partial charge in [-0.15, -0.1) is 0 Å². The lowest BCUT2D eigenvalue weighted by Crippen LogP contribution is -2.33. The highest BCUT2D eigenvalue weighted by Gasteiger charge is 2.25. The van der Waals surface area contributed by atoms with Crippen molar-refractivity contribution in [3.05, 3.63) is 30.1 Å². The quantitative estimate of drug-likeness (QED) is 0.870. The van der Waals surface area contributed by atoms with Gasteiger partial charge in [-0.2, -0.15) is 0 Å². The number of carbonyl (C=O) groups is 1. The summed E-state index contributed by atoms with van der Waals surface area (Å²) in [5.74, 6) is 0.536. The molecule has 1 aliphatic heterocycles. The molecule has 1 aromatic rings. The molecular weight excluding hydrogens is 235 g/mol. The van der Waals surface area contributed by atoms with Gasteiger partial charge in [0.2, 0.25) is 0 Å². The number of hydrogen-bond acceptors (Lipinski definition) is 3. The molecule has 0 bridgehead atoms. The van der Waals surface area contributed by atoms with E-state index < -0.39 is 0 Å². The summed E-state index contributed by atoms with van der Waals surface area (Å²) < 4.78 is 18.0. The van der Waals surface area contributed by atoms with E-state index in [1.54, 1.807) is 4.90 Å². The van der Waals surface area contributed by atoms with Crippen molar-refractivity contribution >= 4 is 5.91 Å². The summed E-state index contributed by atoms with van der Waals surface area (Å²) in [6.45, 7) is 2.06. The summed E-state index contributed by atoms with van der Waals surface area (Å²) in [4.78, 5) is 13.6. The molecule has 5 heteroatoms. The van der Waals surface area contributed by atoms with E-state index in [0.717, 1.165) is 13.0 Å². The second kappa shape index (κ2) is 5.82. The fourth-order valence-corrected chi connectivity index (χ4v) is 2.02. The molecule has 0 aliphatic carbocycles. The minimum atomic E-state index is -0.320. The van der Waals surface area contributed by atoms with Crippen LogP contribution >= 0.6 is 0 Å². The molecule has 1 fully saturated rings. The van der Waals surface area contributed by atoms with Crippen LogP contribution in [0.15, 0.2) is 24.3 Å². The molecule has 0 saturated carbocycles. The number of benzene rings is 1. The Kier molecular flexibility index (Phi) is 4.15. The van der Waals surface area contributed by atoms with Crippen molar-refractivity contribution in [3.8, 4) is 5.75 Å². The Morgan fingerprint density at radius 3 is 2.78 bits per heavy atom. The topological polar surface area (TPSA) is 55.6 Å². The van der Waals surface area contributed by atoms with Crippen molar-refractivity contribution in [2.75, 3.05) is 26.2 Å². The molecule has 1 aromatic carbocycles. The van der Waals surface area contributed by atoms with E-state index in [4.69, 9.17) is 10.5 Å². The third-order valence-electron chi connectivity index (χ3n) is 3.15. The monoisotopic (exact) mass is 252 g/mol. The average Bonchev–Trinajstić information content (AvgIpc) is 2.86. The van der Waals surface area contributed by atoms with Gasteiger partial charge in [0.25, 0.3) is 5.91 Å². The van der Waals surface area contributed by atoms with Crippen molar-refractivity contribution in [2.24, 2.45) is 11.7 Å². The van der Waals surface area contributed by atoms with E-state index in [2.05, 4.69) is 0 Å². The summed E-state index contributed by atoms with van der Waals surface area (Å²) in [7, 11) is 0. The Balaban J connectivity index is 1.80. The highest BCUT2D eigenvalue weighted by Crippen LogP contribution is 2.16. The third-order valence-corrected chi connectivity index (χ3v) is 3.15. The van der Waals surface area contributed by atoms with Crippen molar-refractivity contribution in [1.82, 2.24) is 4.90 Å². The van der Waals surface area contributed by atoms with Crippen LogP contribution < -0.4 is 10.5 Å². The summed E-state index contributed by atoms with van der Waals surface area (Å²) in [5, 5.41) is 0. The lowest BCUT2D eigenvalue weighted by Gasteiger charge is -2.16. The molecule has 0 aromatic heterocycles. The third kappa shape index (κ3) is 3.20. The van der Waals surface area contributed by atoms with Gasteiger partial charge in [-0.1, -0.05) is 0 Å². The first-order valence-corrected chi connectivity index (χ1v) is 6.05. The number of likely N-dealkylation sites (tertiary alicyclic amines) is 1. The highest BCUT2D eigenvalue weighted by atomic mass is 19.1. The minimum Gasteiger partial charge on any atom is -0.484 e. The Morgan fingerprint density at radius 1 is 1.44 bits per heavy atom. The summed E-state index contributed by atoms with van der Waals surface area (Å²) in [5.41, 5.74) is 5.57. The normalized spacial score (nSPS) is 19.0. The SMILES string of the molecule is NC[C@@H]1CCN(C(=O)COc2ccc(F)cc2)C1. The van der Waals surface area contributed by atoms with Crippen molar-refractivity contribution in [2.45, 2.75) is 6.42 Å². The average molecular weight is 252 g/mol. The lowest BCUT2D eigenvalue weighted by atomic mass is 10.1. The molecular formula is C13H17FN2O2. The molecule has 4 nitrogen and oxygen atoms in total.